The Morgan fingerprint density at radius 1 is 0.654 bits per heavy atom. The molecule has 1 nitrogen and oxygen atoms in total. The molecule has 0 unspecified atom stereocenters. The smallest absolute Gasteiger partial charge is 0.0137 e. The molecule has 0 saturated heterocycles. The van der Waals surface area contributed by atoms with Crippen molar-refractivity contribution in [3.63, 3.8) is 0 Å². The average Bonchev–Trinajstić information content (AvgIpc) is 2.57. The topological polar surface area (TPSA) is 12.0 Å². The highest BCUT2D eigenvalue weighted by atomic mass is 14.8. The minimum absolute atomic E-state index is 1.02. The van der Waals surface area contributed by atoms with Crippen molar-refractivity contribution in [1.82, 2.24) is 5.32 Å². The molecule has 26 heavy (non-hydrogen) atoms. The van der Waals surface area contributed by atoms with Gasteiger partial charge in [-0.05, 0) is 86.1 Å². The highest BCUT2D eigenvalue weighted by Crippen LogP contribution is 2.13. The Kier molecular flexibility index (Phi) is 16.6. The van der Waals surface area contributed by atoms with Crippen LogP contribution in [0.3, 0.4) is 0 Å². The van der Waals surface area contributed by atoms with Gasteiger partial charge in [-0.3, -0.25) is 0 Å². The van der Waals surface area contributed by atoms with Crippen LogP contribution in [-0.2, 0) is 0 Å². The Labute approximate surface area is 164 Å². The second kappa shape index (κ2) is 17.3. The van der Waals surface area contributed by atoms with Gasteiger partial charge in [0.15, 0.2) is 0 Å². The Morgan fingerprint density at radius 2 is 1.15 bits per heavy atom. The van der Waals surface area contributed by atoms with Gasteiger partial charge < -0.3 is 5.32 Å². The van der Waals surface area contributed by atoms with Crippen LogP contribution in [-0.4, -0.2) is 13.1 Å². The van der Waals surface area contributed by atoms with Gasteiger partial charge in [0.25, 0.3) is 0 Å². The molecule has 0 bridgehead atoms. The quantitative estimate of drug-likeness (QED) is 0.231. The van der Waals surface area contributed by atoms with Gasteiger partial charge in [0, 0.05) is 6.54 Å². The molecule has 0 heterocycles. The monoisotopic (exact) mass is 359 g/mol. The molecular formula is C25H45N. The van der Waals surface area contributed by atoms with Gasteiger partial charge in [0.05, 0.1) is 0 Å². The van der Waals surface area contributed by atoms with Crippen LogP contribution in [0.5, 0.6) is 0 Å². The van der Waals surface area contributed by atoms with Gasteiger partial charge >= 0.3 is 0 Å². The summed E-state index contributed by atoms with van der Waals surface area (Å²) in [5, 5.41) is 3.51. The summed E-state index contributed by atoms with van der Waals surface area (Å²) in [7, 11) is 0. The molecule has 1 N–H and O–H groups in total. The van der Waals surface area contributed by atoms with Crippen LogP contribution in [0.15, 0.2) is 46.6 Å². The van der Waals surface area contributed by atoms with Gasteiger partial charge in [-0.2, -0.15) is 0 Å². The molecule has 1 heteroatoms. The van der Waals surface area contributed by atoms with Crippen LogP contribution < -0.4 is 5.32 Å². The Balaban J connectivity index is 3.87. The van der Waals surface area contributed by atoms with Crippen molar-refractivity contribution in [2.24, 2.45) is 0 Å². The zero-order valence-electron chi connectivity index (χ0n) is 18.6. The van der Waals surface area contributed by atoms with Crippen molar-refractivity contribution < 1.29 is 0 Å². The van der Waals surface area contributed by atoms with Crippen LogP contribution in [0, 0.1) is 0 Å². The van der Waals surface area contributed by atoms with Crippen molar-refractivity contribution in [3.8, 4) is 0 Å². The van der Waals surface area contributed by atoms with Crippen LogP contribution in [0.25, 0.3) is 0 Å². The Morgan fingerprint density at radius 3 is 1.65 bits per heavy atom. The fourth-order valence-corrected chi connectivity index (χ4v) is 2.84. The standard InChI is InChI=1S/C25H45N/c1-7-8-9-20-26-21-19-25(6)18-12-17-24(5)16-11-15-23(4)14-10-13-22(2)3/h13,15,17,19,26H,7-12,14,16,18,20-21H2,1-6H3/b23-15+,24-17+,25-19+. The third kappa shape index (κ3) is 17.7. The van der Waals surface area contributed by atoms with E-state index in [-0.39, 0.29) is 0 Å². The lowest BCUT2D eigenvalue weighted by molar-refractivity contribution is 0.645. The maximum Gasteiger partial charge on any atom is 0.0137 e. The maximum atomic E-state index is 3.51. The molecule has 0 aromatic rings. The zero-order chi connectivity index (χ0) is 19.6. The summed E-state index contributed by atoms with van der Waals surface area (Å²) >= 11 is 0. The molecule has 0 saturated carbocycles. The van der Waals surface area contributed by atoms with Gasteiger partial charge in [-0.25, -0.2) is 0 Å². The first-order valence-corrected chi connectivity index (χ1v) is 10.8. The van der Waals surface area contributed by atoms with E-state index < -0.39 is 0 Å². The van der Waals surface area contributed by atoms with Crippen molar-refractivity contribution in [3.05, 3.63) is 46.6 Å². The minimum atomic E-state index is 1.02. The molecule has 0 fully saturated rings. The zero-order valence-corrected chi connectivity index (χ0v) is 18.6. The van der Waals surface area contributed by atoms with Crippen LogP contribution in [0.2, 0.25) is 0 Å². The lowest BCUT2D eigenvalue weighted by Crippen LogP contribution is -2.15. The molecule has 0 atom stereocenters. The number of unbranched alkanes of at least 4 members (excludes halogenated alkanes) is 2. The Hall–Kier alpha value is -1.08. The van der Waals surface area contributed by atoms with E-state index in [1.54, 1.807) is 0 Å². The fourth-order valence-electron chi connectivity index (χ4n) is 2.84. The summed E-state index contributed by atoms with van der Waals surface area (Å²) in [6.07, 6.45) is 20.6. The lowest BCUT2D eigenvalue weighted by atomic mass is 10.0. The SMILES string of the molecule is CCCCCNC/C=C(\C)CC/C=C(\C)CC/C=C(\C)CCC=C(C)C. The van der Waals surface area contributed by atoms with Crippen LogP contribution >= 0.6 is 0 Å². The van der Waals surface area contributed by atoms with Gasteiger partial charge in [0.2, 0.25) is 0 Å². The maximum absolute atomic E-state index is 3.51. The molecule has 0 rings (SSSR count). The second-order valence-electron chi connectivity index (χ2n) is 7.96. The van der Waals surface area contributed by atoms with Gasteiger partial charge in [-0.15, -0.1) is 0 Å². The second-order valence-corrected chi connectivity index (χ2v) is 7.96. The van der Waals surface area contributed by atoms with Gasteiger partial charge in [0.1, 0.15) is 0 Å². The molecule has 0 aliphatic heterocycles. The molecule has 0 aliphatic rings. The van der Waals surface area contributed by atoms with E-state index >= 15 is 0 Å². The first kappa shape index (κ1) is 24.9. The molecule has 0 aromatic carbocycles. The van der Waals surface area contributed by atoms with Crippen molar-refractivity contribution in [2.45, 2.75) is 99.3 Å². The first-order valence-electron chi connectivity index (χ1n) is 10.8. The van der Waals surface area contributed by atoms with E-state index in [9.17, 15) is 0 Å². The lowest BCUT2D eigenvalue weighted by Gasteiger charge is -2.04. The van der Waals surface area contributed by atoms with Crippen molar-refractivity contribution in [2.75, 3.05) is 13.1 Å². The van der Waals surface area contributed by atoms with E-state index in [1.807, 2.05) is 0 Å². The Bertz CT molecular complexity index is 459. The number of allylic oxidation sites excluding steroid dienone is 7. The third-order valence-electron chi connectivity index (χ3n) is 4.71. The molecule has 0 aromatic heterocycles. The van der Waals surface area contributed by atoms with Crippen LogP contribution in [0.1, 0.15) is 99.3 Å². The fraction of sp³-hybridized carbons (Fsp3) is 0.680. The first-order chi connectivity index (χ1) is 12.5. The van der Waals surface area contributed by atoms with E-state index in [1.165, 1.54) is 80.1 Å². The highest BCUT2D eigenvalue weighted by Gasteiger charge is 1.94. The molecule has 0 aliphatic carbocycles. The summed E-state index contributed by atoms with van der Waals surface area (Å²) in [6, 6.07) is 0. The predicted molar refractivity (Wildman–Crippen MR) is 121 cm³/mol. The van der Waals surface area contributed by atoms with Crippen LogP contribution in [0.4, 0.5) is 0 Å². The van der Waals surface area contributed by atoms with E-state index in [0.29, 0.717) is 0 Å². The molecule has 0 amide bonds. The van der Waals surface area contributed by atoms with E-state index in [4.69, 9.17) is 0 Å². The van der Waals surface area contributed by atoms with Gasteiger partial charge in [-0.1, -0.05) is 66.4 Å². The third-order valence-corrected chi connectivity index (χ3v) is 4.71. The van der Waals surface area contributed by atoms with Crippen molar-refractivity contribution in [1.29, 1.82) is 0 Å². The largest absolute Gasteiger partial charge is 0.313 e. The number of hydrogen-bond acceptors (Lipinski definition) is 1. The number of rotatable bonds is 15. The summed E-state index contributed by atoms with van der Waals surface area (Å²) < 4.78 is 0. The highest BCUT2D eigenvalue weighted by molar-refractivity contribution is 5.07. The molecule has 150 valence electrons. The van der Waals surface area contributed by atoms with Crippen molar-refractivity contribution >= 4 is 0 Å². The summed E-state index contributed by atoms with van der Waals surface area (Å²) in [5.41, 5.74) is 5.99. The molecule has 0 spiro atoms. The summed E-state index contributed by atoms with van der Waals surface area (Å²) in [4.78, 5) is 0. The van der Waals surface area contributed by atoms with E-state index in [0.717, 1.165) is 13.1 Å². The number of nitrogens with one attached hydrogen (secondary N) is 1. The normalized spacial score (nSPS) is 13.2. The van der Waals surface area contributed by atoms with E-state index in [2.05, 4.69) is 71.2 Å². The summed E-state index contributed by atoms with van der Waals surface area (Å²) in [6.45, 7) is 15.6. The summed E-state index contributed by atoms with van der Waals surface area (Å²) in [5.74, 6) is 0. The minimum Gasteiger partial charge on any atom is -0.313 e. The predicted octanol–water partition coefficient (Wildman–Crippen LogP) is 7.91. The average molecular weight is 360 g/mol. The molecule has 0 radical (unpaired) electrons. The number of hydrogen-bond donors (Lipinski definition) is 1. The molecular weight excluding hydrogens is 314 g/mol.